The van der Waals surface area contributed by atoms with E-state index in [0.29, 0.717) is 12.3 Å². The number of esters is 1. The van der Waals surface area contributed by atoms with Gasteiger partial charge in [0.15, 0.2) is 0 Å². The van der Waals surface area contributed by atoms with E-state index in [1.807, 2.05) is 20.8 Å². The predicted octanol–water partition coefficient (Wildman–Crippen LogP) is 2.48. The first kappa shape index (κ1) is 14.4. The summed E-state index contributed by atoms with van der Waals surface area (Å²) in [6.07, 6.45) is 2.82. The van der Waals surface area contributed by atoms with Crippen molar-refractivity contribution in [3.63, 3.8) is 0 Å². The lowest BCUT2D eigenvalue weighted by molar-refractivity contribution is -0.156. The van der Waals surface area contributed by atoms with Gasteiger partial charge >= 0.3 is 5.97 Å². The van der Waals surface area contributed by atoms with E-state index in [4.69, 9.17) is 10.5 Å². The summed E-state index contributed by atoms with van der Waals surface area (Å²) < 4.78 is 5.20. The Bertz CT molecular complexity index is 196. The van der Waals surface area contributed by atoms with Gasteiger partial charge in [0.2, 0.25) is 0 Å². The van der Waals surface area contributed by atoms with Crippen LogP contribution in [0.25, 0.3) is 0 Å². The van der Waals surface area contributed by atoms with Crippen molar-refractivity contribution in [2.24, 2.45) is 11.7 Å². The molecule has 0 aliphatic carbocycles. The third kappa shape index (κ3) is 7.37. The molecule has 2 atom stereocenters. The van der Waals surface area contributed by atoms with Crippen LogP contribution in [0.1, 0.15) is 53.9 Å². The Kier molecular flexibility index (Phi) is 5.88. The smallest absolute Gasteiger partial charge is 0.323 e. The van der Waals surface area contributed by atoms with Crippen molar-refractivity contribution >= 4 is 5.97 Å². The number of carbonyl (C=O) groups excluding carboxylic acids is 1. The molecule has 2 unspecified atom stereocenters. The molecule has 0 rings (SSSR count). The average Bonchev–Trinajstić information content (AvgIpc) is 2.10. The Hall–Kier alpha value is -0.570. The van der Waals surface area contributed by atoms with Crippen LogP contribution in [0.4, 0.5) is 0 Å². The third-order valence-corrected chi connectivity index (χ3v) is 2.38. The summed E-state index contributed by atoms with van der Waals surface area (Å²) >= 11 is 0. The van der Waals surface area contributed by atoms with Crippen LogP contribution in [-0.2, 0) is 9.53 Å². The van der Waals surface area contributed by atoms with Crippen molar-refractivity contribution in [2.45, 2.75) is 65.5 Å². The van der Waals surface area contributed by atoms with Crippen molar-refractivity contribution in [1.29, 1.82) is 0 Å². The summed E-state index contributed by atoms with van der Waals surface area (Å²) in [5, 5.41) is 0. The lowest BCUT2D eigenvalue weighted by Gasteiger charge is -2.22. The zero-order chi connectivity index (χ0) is 12.1. The zero-order valence-corrected chi connectivity index (χ0v) is 10.7. The van der Waals surface area contributed by atoms with Crippen molar-refractivity contribution in [1.82, 2.24) is 0 Å². The zero-order valence-electron chi connectivity index (χ0n) is 10.7. The second-order valence-electron chi connectivity index (χ2n) is 5.23. The minimum absolute atomic E-state index is 0.286. The molecule has 0 bridgehead atoms. The molecule has 0 spiro atoms. The van der Waals surface area contributed by atoms with Crippen molar-refractivity contribution in [2.75, 3.05) is 0 Å². The summed E-state index contributed by atoms with van der Waals surface area (Å²) in [7, 11) is 0. The molecular formula is C12H25NO2. The highest BCUT2D eigenvalue weighted by Crippen LogP contribution is 2.13. The van der Waals surface area contributed by atoms with Crippen LogP contribution in [0.3, 0.4) is 0 Å². The van der Waals surface area contributed by atoms with Crippen LogP contribution in [-0.4, -0.2) is 17.6 Å². The molecule has 0 radical (unpaired) electrons. The van der Waals surface area contributed by atoms with Crippen molar-refractivity contribution < 1.29 is 9.53 Å². The van der Waals surface area contributed by atoms with Gasteiger partial charge in [0, 0.05) is 0 Å². The van der Waals surface area contributed by atoms with Gasteiger partial charge in [-0.15, -0.1) is 0 Å². The van der Waals surface area contributed by atoms with E-state index >= 15 is 0 Å². The molecule has 3 heteroatoms. The van der Waals surface area contributed by atoms with Gasteiger partial charge in [-0.1, -0.05) is 20.3 Å². The maximum absolute atomic E-state index is 11.5. The van der Waals surface area contributed by atoms with E-state index in [9.17, 15) is 4.79 Å². The van der Waals surface area contributed by atoms with Crippen molar-refractivity contribution in [3.8, 4) is 0 Å². The second kappa shape index (κ2) is 6.11. The van der Waals surface area contributed by atoms with Crippen LogP contribution in [0, 0.1) is 5.92 Å². The molecule has 90 valence electrons. The lowest BCUT2D eigenvalue weighted by atomic mass is 10.00. The van der Waals surface area contributed by atoms with E-state index in [2.05, 4.69) is 13.8 Å². The Morgan fingerprint density at radius 3 is 2.27 bits per heavy atom. The molecule has 15 heavy (non-hydrogen) atoms. The van der Waals surface area contributed by atoms with Gasteiger partial charge < -0.3 is 10.5 Å². The second-order valence-corrected chi connectivity index (χ2v) is 5.23. The monoisotopic (exact) mass is 215 g/mol. The van der Waals surface area contributed by atoms with E-state index in [0.717, 1.165) is 12.8 Å². The average molecular weight is 215 g/mol. The predicted molar refractivity (Wildman–Crippen MR) is 62.5 cm³/mol. The maximum Gasteiger partial charge on any atom is 0.323 e. The molecule has 0 aromatic carbocycles. The first-order valence-corrected chi connectivity index (χ1v) is 5.74. The van der Waals surface area contributed by atoms with E-state index in [1.54, 1.807) is 0 Å². The fraction of sp³-hybridized carbons (Fsp3) is 0.917. The van der Waals surface area contributed by atoms with Crippen LogP contribution in [0.5, 0.6) is 0 Å². The maximum atomic E-state index is 11.5. The molecule has 0 saturated heterocycles. The van der Waals surface area contributed by atoms with Gasteiger partial charge in [0.05, 0.1) is 0 Å². The number of nitrogens with two attached hydrogens (primary N) is 1. The Balaban J connectivity index is 3.90. The summed E-state index contributed by atoms with van der Waals surface area (Å²) in [5.74, 6) is 0.337. The summed E-state index contributed by atoms with van der Waals surface area (Å²) in [5.41, 5.74) is 5.31. The highest BCUT2D eigenvalue weighted by atomic mass is 16.6. The molecular weight excluding hydrogens is 190 g/mol. The molecule has 0 aliphatic heterocycles. The largest absolute Gasteiger partial charge is 0.459 e. The molecule has 2 N–H and O–H groups in total. The number of hydrogen-bond donors (Lipinski definition) is 1. The van der Waals surface area contributed by atoms with Gasteiger partial charge in [-0.05, 0) is 39.5 Å². The topological polar surface area (TPSA) is 52.3 Å². The fourth-order valence-corrected chi connectivity index (χ4v) is 1.16. The molecule has 0 heterocycles. The van der Waals surface area contributed by atoms with E-state index < -0.39 is 11.6 Å². The molecule has 0 fully saturated rings. The van der Waals surface area contributed by atoms with Gasteiger partial charge in [-0.2, -0.15) is 0 Å². The van der Waals surface area contributed by atoms with E-state index in [1.165, 1.54) is 0 Å². The van der Waals surface area contributed by atoms with Gasteiger partial charge in [0.25, 0.3) is 0 Å². The highest BCUT2D eigenvalue weighted by Gasteiger charge is 2.22. The fourth-order valence-electron chi connectivity index (χ4n) is 1.16. The van der Waals surface area contributed by atoms with Gasteiger partial charge in [0.1, 0.15) is 11.6 Å². The van der Waals surface area contributed by atoms with Gasteiger partial charge in [-0.3, -0.25) is 4.79 Å². The Morgan fingerprint density at radius 1 is 1.33 bits per heavy atom. The normalized spacial score (nSPS) is 15.9. The molecule has 3 nitrogen and oxygen atoms in total. The first-order valence-electron chi connectivity index (χ1n) is 5.74. The number of carbonyl (C=O) groups is 1. The van der Waals surface area contributed by atoms with Crippen LogP contribution < -0.4 is 5.73 Å². The highest BCUT2D eigenvalue weighted by molar-refractivity contribution is 5.75. The first-order chi connectivity index (χ1) is 6.76. The molecule has 0 amide bonds. The molecule has 0 saturated carbocycles. The number of ether oxygens (including phenoxy) is 1. The Labute approximate surface area is 93.4 Å². The Morgan fingerprint density at radius 2 is 1.87 bits per heavy atom. The minimum atomic E-state index is -0.474. The molecule has 0 aromatic rings. The standard InChI is InChI=1S/C12H25NO2/c1-6-9(2)7-8-10(13)11(14)15-12(3,4)5/h9-10H,6-8,13H2,1-5H3. The summed E-state index contributed by atoms with van der Waals surface area (Å²) in [6, 6.07) is -0.474. The molecule has 0 aliphatic rings. The number of rotatable bonds is 5. The summed E-state index contributed by atoms with van der Waals surface area (Å²) in [6.45, 7) is 9.87. The minimum Gasteiger partial charge on any atom is -0.459 e. The number of hydrogen-bond acceptors (Lipinski definition) is 3. The molecule has 0 aromatic heterocycles. The lowest BCUT2D eigenvalue weighted by Crippen LogP contribution is -2.37. The van der Waals surface area contributed by atoms with Crippen molar-refractivity contribution in [3.05, 3.63) is 0 Å². The van der Waals surface area contributed by atoms with Gasteiger partial charge in [-0.25, -0.2) is 0 Å². The quantitative estimate of drug-likeness (QED) is 0.717. The van der Waals surface area contributed by atoms with Crippen LogP contribution in [0.2, 0.25) is 0 Å². The van der Waals surface area contributed by atoms with Crippen LogP contribution in [0.15, 0.2) is 0 Å². The van der Waals surface area contributed by atoms with E-state index in [-0.39, 0.29) is 5.97 Å². The third-order valence-electron chi connectivity index (χ3n) is 2.38. The summed E-state index contributed by atoms with van der Waals surface area (Å²) in [4.78, 5) is 11.5. The SMILES string of the molecule is CCC(C)CCC(N)C(=O)OC(C)(C)C. The van der Waals surface area contributed by atoms with Crippen LogP contribution >= 0.6 is 0 Å².